The molecule has 1 saturated heterocycles. The molecular weight excluding hydrogens is 410 g/mol. The van der Waals surface area contributed by atoms with Crippen LogP contribution < -0.4 is 15.4 Å². The fraction of sp³-hybridized carbons (Fsp3) is 0.500. The second-order valence-electron chi connectivity index (χ2n) is 6.33. The van der Waals surface area contributed by atoms with Gasteiger partial charge in [-0.2, -0.15) is 0 Å². The maximum atomic E-state index is 12.6. The monoisotopic (exact) mass is 433 g/mol. The highest BCUT2D eigenvalue weighted by Gasteiger charge is 2.41. The number of carbonyl (C=O) groups excluding carboxylic acids is 2. The lowest BCUT2D eigenvalue weighted by Gasteiger charge is -2.20. The molecule has 2 amide bonds. The highest BCUT2D eigenvalue weighted by Crippen LogP contribution is 2.17. The number of hydrogen-bond donors (Lipinski definition) is 3. The van der Waals surface area contributed by atoms with Crippen molar-refractivity contribution >= 4 is 31.9 Å². The molecule has 3 N–H and O–H groups in total. The molecule has 0 radical (unpaired) electrons. The zero-order valence-electron chi connectivity index (χ0n) is 15.5. The topological polar surface area (TPSA) is 148 Å². The lowest BCUT2D eigenvalue weighted by molar-refractivity contribution is -0.119. The second-order valence-corrected chi connectivity index (χ2v) is 10.2. The Hall–Kier alpha value is -2.18. The third kappa shape index (κ3) is 6.17. The van der Waals surface area contributed by atoms with Crippen molar-refractivity contribution in [3.63, 3.8) is 0 Å². The Morgan fingerprint density at radius 2 is 1.75 bits per heavy atom. The highest BCUT2D eigenvalue weighted by molar-refractivity contribution is 7.92. The molecule has 1 aromatic rings. The molecule has 0 saturated carbocycles. The molecule has 0 aromatic heterocycles. The van der Waals surface area contributed by atoms with E-state index in [4.69, 9.17) is 4.74 Å². The van der Waals surface area contributed by atoms with Crippen LogP contribution in [-0.4, -0.2) is 59.0 Å². The van der Waals surface area contributed by atoms with Crippen molar-refractivity contribution in [2.75, 3.05) is 18.1 Å². The molecule has 0 aliphatic carbocycles. The van der Waals surface area contributed by atoms with Gasteiger partial charge in [0.05, 0.1) is 35.1 Å². The third-order valence-electron chi connectivity index (χ3n) is 4.01. The van der Waals surface area contributed by atoms with Crippen LogP contribution >= 0.6 is 0 Å². The average molecular weight is 434 g/mol. The van der Waals surface area contributed by atoms with E-state index in [1.807, 2.05) is 0 Å². The Morgan fingerprint density at radius 1 is 1.14 bits per heavy atom. The first-order valence-corrected chi connectivity index (χ1v) is 11.8. The molecule has 1 heterocycles. The average Bonchev–Trinajstić information content (AvgIpc) is 2.86. The molecule has 0 unspecified atom stereocenters. The summed E-state index contributed by atoms with van der Waals surface area (Å²) in [6.07, 6.45) is -0.809. The van der Waals surface area contributed by atoms with Gasteiger partial charge in [-0.3, -0.25) is 4.79 Å². The van der Waals surface area contributed by atoms with Gasteiger partial charge in [0.25, 0.3) is 0 Å². The van der Waals surface area contributed by atoms with Crippen LogP contribution in [0.3, 0.4) is 0 Å². The zero-order valence-corrected chi connectivity index (χ0v) is 17.1. The summed E-state index contributed by atoms with van der Waals surface area (Å²) in [4.78, 5) is 22.5. The summed E-state index contributed by atoms with van der Waals surface area (Å²) in [5.41, 5.74) is 0.708. The Labute approximate surface area is 164 Å². The number of nitrogens with one attached hydrogen (secondary N) is 3. The summed E-state index contributed by atoms with van der Waals surface area (Å²) in [5.74, 6) is -1.01. The van der Waals surface area contributed by atoms with E-state index in [-0.39, 0.29) is 29.7 Å². The van der Waals surface area contributed by atoms with Gasteiger partial charge in [-0.15, -0.1) is 0 Å². The number of hydrogen-bond acceptors (Lipinski definition) is 7. The summed E-state index contributed by atoms with van der Waals surface area (Å²) in [5, 5.41) is 4.99. The van der Waals surface area contributed by atoms with Crippen molar-refractivity contribution < 1.29 is 31.2 Å². The van der Waals surface area contributed by atoms with Gasteiger partial charge in [0.2, 0.25) is 15.9 Å². The number of sulfonamides is 1. The fourth-order valence-corrected chi connectivity index (χ4v) is 5.95. The Balaban J connectivity index is 2.12. The summed E-state index contributed by atoms with van der Waals surface area (Å²) >= 11 is 0. The number of sulfone groups is 1. The molecule has 0 spiro atoms. The number of ether oxygens (including phenoxy) is 1. The standard InChI is InChI=1S/C16H23N3O7S2/c1-3-26-16(21)18-14-9-27(22,23)10-15(14)19-28(24,25)13-6-4-12(5-7-13)8-17-11(2)20/h4-7,14-15,19H,3,8-10H2,1-2H3,(H,17,20)(H,18,21)/t14-,15+/m0/s1. The van der Waals surface area contributed by atoms with Crippen molar-refractivity contribution in [3.8, 4) is 0 Å². The minimum Gasteiger partial charge on any atom is -0.450 e. The predicted octanol–water partition coefficient (Wildman–Crippen LogP) is -0.487. The van der Waals surface area contributed by atoms with E-state index in [0.29, 0.717) is 5.56 Å². The molecule has 2 atom stereocenters. The molecule has 156 valence electrons. The van der Waals surface area contributed by atoms with Gasteiger partial charge in [0.15, 0.2) is 9.84 Å². The molecule has 1 fully saturated rings. The van der Waals surface area contributed by atoms with E-state index in [1.165, 1.54) is 19.1 Å². The van der Waals surface area contributed by atoms with Gasteiger partial charge in [0.1, 0.15) is 0 Å². The van der Waals surface area contributed by atoms with Crippen molar-refractivity contribution in [2.45, 2.75) is 37.4 Å². The van der Waals surface area contributed by atoms with Gasteiger partial charge in [-0.05, 0) is 24.6 Å². The number of alkyl carbamates (subject to hydrolysis) is 1. The number of benzene rings is 1. The highest BCUT2D eigenvalue weighted by atomic mass is 32.2. The Morgan fingerprint density at radius 3 is 2.32 bits per heavy atom. The maximum Gasteiger partial charge on any atom is 0.407 e. The van der Waals surface area contributed by atoms with Crippen molar-refractivity contribution in [1.82, 2.24) is 15.4 Å². The molecule has 1 aliphatic rings. The molecule has 1 aromatic carbocycles. The van der Waals surface area contributed by atoms with Crippen LogP contribution in [0.5, 0.6) is 0 Å². The van der Waals surface area contributed by atoms with Crippen LogP contribution in [0.4, 0.5) is 4.79 Å². The van der Waals surface area contributed by atoms with Crippen molar-refractivity contribution in [1.29, 1.82) is 0 Å². The molecule has 28 heavy (non-hydrogen) atoms. The first-order valence-electron chi connectivity index (χ1n) is 8.52. The smallest absolute Gasteiger partial charge is 0.407 e. The van der Waals surface area contributed by atoms with Crippen LogP contribution in [0, 0.1) is 0 Å². The van der Waals surface area contributed by atoms with E-state index >= 15 is 0 Å². The van der Waals surface area contributed by atoms with E-state index in [9.17, 15) is 26.4 Å². The normalized spacial score (nSPS) is 21.1. The fourth-order valence-electron chi connectivity index (χ4n) is 2.71. The minimum atomic E-state index is -4.02. The molecular formula is C16H23N3O7S2. The van der Waals surface area contributed by atoms with Crippen LogP contribution in [0.25, 0.3) is 0 Å². The van der Waals surface area contributed by atoms with Crippen LogP contribution in [0.15, 0.2) is 29.2 Å². The van der Waals surface area contributed by atoms with E-state index in [2.05, 4.69) is 15.4 Å². The van der Waals surface area contributed by atoms with E-state index in [0.717, 1.165) is 0 Å². The number of carbonyl (C=O) groups is 2. The lowest BCUT2D eigenvalue weighted by atomic mass is 10.2. The van der Waals surface area contributed by atoms with Gasteiger partial charge in [0, 0.05) is 13.5 Å². The van der Waals surface area contributed by atoms with E-state index in [1.54, 1.807) is 19.1 Å². The van der Waals surface area contributed by atoms with Gasteiger partial charge < -0.3 is 15.4 Å². The first kappa shape index (κ1) is 22.1. The zero-order chi connectivity index (χ0) is 20.9. The lowest BCUT2D eigenvalue weighted by Crippen LogP contribution is -2.50. The summed E-state index contributed by atoms with van der Waals surface area (Å²) in [6, 6.07) is 3.86. The minimum absolute atomic E-state index is 0.0572. The second kappa shape index (κ2) is 8.88. The van der Waals surface area contributed by atoms with Gasteiger partial charge in [-0.1, -0.05) is 12.1 Å². The molecule has 10 nitrogen and oxygen atoms in total. The van der Waals surface area contributed by atoms with Crippen LogP contribution in [0.2, 0.25) is 0 Å². The van der Waals surface area contributed by atoms with E-state index < -0.39 is 43.8 Å². The SMILES string of the molecule is CCOC(=O)N[C@H]1CS(=O)(=O)C[C@H]1NS(=O)(=O)c1ccc(CNC(C)=O)cc1. The van der Waals surface area contributed by atoms with Crippen molar-refractivity contribution in [2.24, 2.45) is 0 Å². The predicted molar refractivity (Wildman–Crippen MR) is 101 cm³/mol. The molecule has 12 heteroatoms. The molecule has 1 aliphatic heterocycles. The molecule has 2 rings (SSSR count). The van der Waals surface area contributed by atoms with Crippen LogP contribution in [-0.2, 0) is 35.9 Å². The van der Waals surface area contributed by atoms with Crippen LogP contribution in [0.1, 0.15) is 19.4 Å². The summed E-state index contributed by atoms with van der Waals surface area (Å²) < 4.78 is 56.2. The third-order valence-corrected chi connectivity index (χ3v) is 7.25. The van der Waals surface area contributed by atoms with Gasteiger partial charge >= 0.3 is 6.09 Å². The number of rotatable bonds is 7. The molecule has 0 bridgehead atoms. The Kier molecular flexibility index (Phi) is 7.01. The Bertz CT molecular complexity index is 927. The van der Waals surface area contributed by atoms with Crippen molar-refractivity contribution in [3.05, 3.63) is 29.8 Å². The maximum absolute atomic E-state index is 12.6. The largest absolute Gasteiger partial charge is 0.450 e. The first-order chi connectivity index (χ1) is 13.0. The quantitative estimate of drug-likeness (QED) is 0.526. The summed E-state index contributed by atoms with van der Waals surface area (Å²) in [7, 11) is -7.54. The number of amides is 2. The van der Waals surface area contributed by atoms with Gasteiger partial charge in [-0.25, -0.2) is 26.4 Å². The summed E-state index contributed by atoms with van der Waals surface area (Å²) in [6.45, 7) is 3.34.